The van der Waals surface area contributed by atoms with Crippen LogP contribution in [0.1, 0.15) is 35.8 Å². The van der Waals surface area contributed by atoms with Gasteiger partial charge in [0.1, 0.15) is 0 Å². The smallest absolute Gasteiger partial charge is 0.359 e. The van der Waals surface area contributed by atoms with Gasteiger partial charge in [-0.05, 0) is 38.1 Å². The lowest BCUT2D eigenvalue weighted by Gasteiger charge is -2.11. The molecule has 2 N–H and O–H groups in total. The first-order chi connectivity index (χ1) is 8.10. The average Bonchev–Trinajstić information content (AvgIpc) is 2.97. The van der Waals surface area contributed by atoms with Gasteiger partial charge in [0.05, 0.1) is 6.61 Å². The molecule has 1 fully saturated rings. The lowest BCUT2D eigenvalue weighted by molar-refractivity contribution is 0.0517. The Bertz CT molecular complexity index is 421. The molecule has 2 rings (SSSR count). The van der Waals surface area contributed by atoms with Crippen molar-refractivity contribution in [2.75, 3.05) is 13.2 Å². The van der Waals surface area contributed by atoms with Gasteiger partial charge in [-0.1, -0.05) is 0 Å². The number of carbonyl (C=O) groups is 1. The summed E-state index contributed by atoms with van der Waals surface area (Å²) in [6, 6.07) is 0. The first-order valence-electron chi connectivity index (χ1n) is 6.00. The number of carbonyl (C=O) groups excluding carboxylic acids is 1. The topological polar surface area (TPSA) is 70.1 Å². The molecule has 1 saturated carbocycles. The van der Waals surface area contributed by atoms with Crippen LogP contribution in [0.4, 0.5) is 0 Å². The number of nitrogens with zero attached hydrogens (tertiary/aromatic N) is 2. The summed E-state index contributed by atoms with van der Waals surface area (Å²) >= 11 is 0. The van der Waals surface area contributed by atoms with Crippen molar-refractivity contribution < 1.29 is 9.53 Å². The maximum Gasteiger partial charge on any atom is 0.359 e. The second-order valence-electron chi connectivity index (χ2n) is 4.78. The van der Waals surface area contributed by atoms with Gasteiger partial charge in [0, 0.05) is 18.8 Å². The van der Waals surface area contributed by atoms with Gasteiger partial charge in [-0.15, -0.1) is 0 Å². The molecule has 5 heteroatoms. The molecule has 1 heterocycles. The SMILES string of the molecule is CCOC(=O)c1nn(C)cc1CC1(CN)CC1. The summed E-state index contributed by atoms with van der Waals surface area (Å²) in [5.74, 6) is -0.337. The quantitative estimate of drug-likeness (QED) is 0.772. The molecule has 0 aliphatic heterocycles. The summed E-state index contributed by atoms with van der Waals surface area (Å²) in [7, 11) is 1.81. The van der Waals surface area contributed by atoms with Gasteiger partial charge in [-0.2, -0.15) is 5.10 Å². The Morgan fingerprint density at radius 1 is 1.65 bits per heavy atom. The van der Waals surface area contributed by atoms with Crippen LogP contribution in [0.3, 0.4) is 0 Å². The molecular weight excluding hydrogens is 218 g/mol. The second-order valence-corrected chi connectivity index (χ2v) is 4.78. The third kappa shape index (κ3) is 2.49. The molecule has 0 bridgehead atoms. The molecule has 94 valence electrons. The molecule has 0 aromatic carbocycles. The number of hydrogen-bond donors (Lipinski definition) is 1. The number of nitrogens with two attached hydrogens (primary N) is 1. The van der Waals surface area contributed by atoms with E-state index in [2.05, 4.69) is 5.10 Å². The number of ether oxygens (including phenoxy) is 1. The van der Waals surface area contributed by atoms with Crippen LogP contribution in [-0.2, 0) is 18.2 Å². The Balaban J connectivity index is 2.18. The zero-order valence-electron chi connectivity index (χ0n) is 10.4. The van der Waals surface area contributed by atoms with Crippen LogP contribution in [0.5, 0.6) is 0 Å². The highest BCUT2D eigenvalue weighted by atomic mass is 16.5. The Hall–Kier alpha value is -1.36. The third-order valence-corrected chi connectivity index (χ3v) is 3.33. The van der Waals surface area contributed by atoms with E-state index in [-0.39, 0.29) is 11.4 Å². The highest BCUT2D eigenvalue weighted by molar-refractivity contribution is 5.88. The fraction of sp³-hybridized carbons (Fsp3) is 0.667. The largest absolute Gasteiger partial charge is 0.461 e. The van der Waals surface area contributed by atoms with Crippen molar-refractivity contribution in [2.24, 2.45) is 18.2 Å². The molecule has 0 saturated heterocycles. The van der Waals surface area contributed by atoms with Gasteiger partial charge in [0.25, 0.3) is 0 Å². The average molecular weight is 237 g/mol. The van der Waals surface area contributed by atoms with Crippen molar-refractivity contribution in [3.8, 4) is 0 Å². The van der Waals surface area contributed by atoms with Crippen LogP contribution in [-0.4, -0.2) is 28.9 Å². The Morgan fingerprint density at radius 2 is 2.35 bits per heavy atom. The van der Waals surface area contributed by atoms with E-state index in [9.17, 15) is 4.79 Å². The van der Waals surface area contributed by atoms with Crippen LogP contribution >= 0.6 is 0 Å². The van der Waals surface area contributed by atoms with Gasteiger partial charge >= 0.3 is 5.97 Å². The van der Waals surface area contributed by atoms with Crippen molar-refractivity contribution in [2.45, 2.75) is 26.2 Å². The lowest BCUT2D eigenvalue weighted by atomic mass is 9.97. The fourth-order valence-corrected chi connectivity index (χ4v) is 2.07. The number of hydrogen-bond acceptors (Lipinski definition) is 4. The Labute approximate surface area is 101 Å². The summed E-state index contributed by atoms with van der Waals surface area (Å²) in [5.41, 5.74) is 7.36. The first-order valence-corrected chi connectivity index (χ1v) is 6.00. The predicted molar refractivity (Wildman–Crippen MR) is 63.6 cm³/mol. The van der Waals surface area contributed by atoms with E-state index in [1.165, 1.54) is 0 Å². The van der Waals surface area contributed by atoms with Crippen molar-refractivity contribution >= 4 is 5.97 Å². The lowest BCUT2D eigenvalue weighted by Crippen LogP contribution is -2.19. The monoisotopic (exact) mass is 237 g/mol. The normalized spacial score (nSPS) is 16.9. The van der Waals surface area contributed by atoms with Crippen molar-refractivity contribution in [1.29, 1.82) is 0 Å². The molecule has 5 nitrogen and oxygen atoms in total. The summed E-state index contributed by atoms with van der Waals surface area (Å²) in [6.07, 6.45) is 4.99. The molecule has 1 aliphatic carbocycles. The number of rotatable bonds is 5. The van der Waals surface area contributed by atoms with E-state index in [4.69, 9.17) is 10.5 Å². The predicted octanol–water partition coefficient (Wildman–Crippen LogP) is 0.878. The minimum Gasteiger partial charge on any atom is -0.461 e. The van der Waals surface area contributed by atoms with Gasteiger partial charge in [-0.25, -0.2) is 4.79 Å². The van der Waals surface area contributed by atoms with Gasteiger partial charge in [-0.3, -0.25) is 4.68 Å². The Kier molecular flexibility index (Phi) is 3.19. The standard InChI is InChI=1S/C12H19N3O2/c1-3-17-11(16)10-9(7-15(2)14-10)6-12(8-13)4-5-12/h7H,3-6,8,13H2,1-2H3. The number of aromatic nitrogens is 2. The van der Waals surface area contributed by atoms with E-state index in [1.807, 2.05) is 13.2 Å². The second kappa shape index (κ2) is 4.49. The van der Waals surface area contributed by atoms with E-state index in [1.54, 1.807) is 11.6 Å². The van der Waals surface area contributed by atoms with E-state index in [0.717, 1.165) is 24.8 Å². The van der Waals surface area contributed by atoms with E-state index >= 15 is 0 Å². The molecule has 0 unspecified atom stereocenters. The van der Waals surface area contributed by atoms with Crippen LogP contribution in [0.25, 0.3) is 0 Å². The van der Waals surface area contributed by atoms with E-state index < -0.39 is 0 Å². The number of aryl methyl sites for hydroxylation is 1. The third-order valence-electron chi connectivity index (χ3n) is 3.33. The van der Waals surface area contributed by atoms with Crippen molar-refractivity contribution in [3.05, 3.63) is 17.5 Å². The molecule has 0 atom stereocenters. The van der Waals surface area contributed by atoms with Crippen molar-refractivity contribution in [3.63, 3.8) is 0 Å². The van der Waals surface area contributed by atoms with Gasteiger partial charge < -0.3 is 10.5 Å². The zero-order valence-corrected chi connectivity index (χ0v) is 10.4. The zero-order chi connectivity index (χ0) is 12.5. The van der Waals surface area contributed by atoms with Crippen LogP contribution in [0, 0.1) is 5.41 Å². The van der Waals surface area contributed by atoms with Crippen LogP contribution in [0.15, 0.2) is 6.20 Å². The van der Waals surface area contributed by atoms with Crippen LogP contribution < -0.4 is 5.73 Å². The minimum absolute atomic E-state index is 0.199. The van der Waals surface area contributed by atoms with Crippen LogP contribution in [0.2, 0.25) is 0 Å². The molecule has 0 amide bonds. The van der Waals surface area contributed by atoms with Gasteiger partial charge in [0.15, 0.2) is 5.69 Å². The summed E-state index contributed by atoms with van der Waals surface area (Å²) in [5, 5.41) is 4.18. The fourth-order valence-electron chi connectivity index (χ4n) is 2.07. The maximum absolute atomic E-state index is 11.7. The molecule has 0 radical (unpaired) electrons. The minimum atomic E-state index is -0.337. The first kappa shape index (κ1) is 12.1. The highest BCUT2D eigenvalue weighted by Crippen LogP contribution is 2.47. The molecule has 1 aliphatic rings. The highest BCUT2D eigenvalue weighted by Gasteiger charge is 2.42. The molecular formula is C12H19N3O2. The molecule has 1 aromatic heterocycles. The Morgan fingerprint density at radius 3 is 2.88 bits per heavy atom. The summed E-state index contributed by atoms with van der Waals surface area (Å²) < 4.78 is 6.67. The van der Waals surface area contributed by atoms with Gasteiger partial charge in [0.2, 0.25) is 0 Å². The summed E-state index contributed by atoms with van der Waals surface area (Å²) in [4.78, 5) is 11.7. The molecule has 17 heavy (non-hydrogen) atoms. The number of esters is 1. The maximum atomic E-state index is 11.7. The molecule has 1 aromatic rings. The van der Waals surface area contributed by atoms with Crippen molar-refractivity contribution in [1.82, 2.24) is 9.78 Å². The molecule has 0 spiro atoms. The van der Waals surface area contributed by atoms with E-state index in [0.29, 0.717) is 18.8 Å². The summed E-state index contributed by atoms with van der Waals surface area (Å²) in [6.45, 7) is 2.84.